The van der Waals surface area contributed by atoms with Crippen LogP contribution in [0.5, 0.6) is 0 Å². The van der Waals surface area contributed by atoms with Crippen molar-refractivity contribution >= 4 is 10.8 Å². The molecular formula is C22H27N2+. The summed E-state index contributed by atoms with van der Waals surface area (Å²) in [6.07, 6.45) is 7.33. The highest BCUT2D eigenvalue weighted by molar-refractivity contribution is 5.86. The lowest BCUT2D eigenvalue weighted by atomic mass is 9.95. The Bertz CT molecular complexity index is 907. The van der Waals surface area contributed by atoms with E-state index in [1.54, 1.807) is 0 Å². The summed E-state index contributed by atoms with van der Waals surface area (Å²) >= 11 is 0. The normalized spacial score (nSPS) is 11.5. The topological polar surface area (TPSA) is 16.8 Å². The van der Waals surface area contributed by atoms with Crippen molar-refractivity contribution in [3.05, 3.63) is 59.0 Å². The monoisotopic (exact) mass is 319 g/mol. The SMILES string of the molecule is Cc1cc(C)c(C)c(-c2cc3cncc(CC(C)C)c3c[n+]2C)c1. The van der Waals surface area contributed by atoms with E-state index in [9.17, 15) is 0 Å². The average molecular weight is 319 g/mol. The van der Waals surface area contributed by atoms with Crippen molar-refractivity contribution in [2.24, 2.45) is 13.0 Å². The summed E-state index contributed by atoms with van der Waals surface area (Å²) in [4.78, 5) is 4.48. The molecule has 0 aliphatic heterocycles. The van der Waals surface area contributed by atoms with Crippen molar-refractivity contribution in [3.63, 3.8) is 0 Å². The molecule has 0 aliphatic rings. The van der Waals surface area contributed by atoms with Crippen LogP contribution in [0.15, 0.2) is 36.8 Å². The van der Waals surface area contributed by atoms with E-state index in [2.05, 4.69) is 75.6 Å². The molecule has 0 fully saturated rings. The molecule has 3 rings (SSSR count). The van der Waals surface area contributed by atoms with Gasteiger partial charge in [0.1, 0.15) is 7.05 Å². The minimum Gasteiger partial charge on any atom is -0.264 e. The van der Waals surface area contributed by atoms with Gasteiger partial charge in [0.15, 0.2) is 6.20 Å². The van der Waals surface area contributed by atoms with Crippen LogP contribution in [0.2, 0.25) is 0 Å². The standard InChI is InChI=1S/C22H27N2/c1-14(2)7-18-11-23-12-19-10-22(24(6)13-21(18)19)20-9-15(3)8-16(4)17(20)5/h8-14H,7H2,1-6H3/q+1. The fourth-order valence-electron chi connectivity index (χ4n) is 3.49. The van der Waals surface area contributed by atoms with Gasteiger partial charge >= 0.3 is 0 Å². The summed E-state index contributed by atoms with van der Waals surface area (Å²) in [5, 5.41) is 2.53. The van der Waals surface area contributed by atoms with Crippen LogP contribution in [0.3, 0.4) is 0 Å². The number of aryl methyl sites for hydroxylation is 3. The zero-order chi connectivity index (χ0) is 17.4. The second-order valence-corrected chi connectivity index (χ2v) is 7.42. The largest absolute Gasteiger partial charge is 0.264 e. The number of aromatic nitrogens is 2. The van der Waals surface area contributed by atoms with Gasteiger partial charge in [-0.05, 0) is 55.9 Å². The number of hydrogen-bond donors (Lipinski definition) is 0. The molecule has 0 amide bonds. The van der Waals surface area contributed by atoms with Crippen molar-refractivity contribution in [2.45, 2.75) is 41.0 Å². The molecule has 124 valence electrons. The molecule has 2 heterocycles. The van der Waals surface area contributed by atoms with E-state index < -0.39 is 0 Å². The zero-order valence-electron chi connectivity index (χ0n) is 15.6. The van der Waals surface area contributed by atoms with Crippen LogP contribution >= 0.6 is 0 Å². The van der Waals surface area contributed by atoms with E-state index in [0.717, 1.165) is 6.42 Å². The first-order chi connectivity index (χ1) is 11.4. The summed E-state index contributed by atoms with van der Waals surface area (Å²) in [6, 6.07) is 6.82. The van der Waals surface area contributed by atoms with Crippen molar-refractivity contribution in [1.82, 2.24) is 4.98 Å². The predicted molar refractivity (Wildman–Crippen MR) is 101 cm³/mol. The summed E-state index contributed by atoms with van der Waals surface area (Å²) in [7, 11) is 2.14. The lowest BCUT2D eigenvalue weighted by Crippen LogP contribution is -2.31. The van der Waals surface area contributed by atoms with Crippen molar-refractivity contribution < 1.29 is 4.57 Å². The molecule has 0 N–H and O–H groups in total. The Labute approximate surface area is 145 Å². The quantitative estimate of drug-likeness (QED) is 0.631. The van der Waals surface area contributed by atoms with E-state index in [0.29, 0.717) is 5.92 Å². The first-order valence-electron chi connectivity index (χ1n) is 8.71. The molecule has 24 heavy (non-hydrogen) atoms. The summed E-state index contributed by atoms with van der Waals surface area (Å²) in [5.74, 6) is 0.629. The Balaban J connectivity index is 2.23. The van der Waals surface area contributed by atoms with Gasteiger partial charge in [0.2, 0.25) is 5.69 Å². The van der Waals surface area contributed by atoms with Gasteiger partial charge in [-0.15, -0.1) is 0 Å². The molecule has 0 atom stereocenters. The fourth-order valence-corrected chi connectivity index (χ4v) is 3.49. The molecule has 2 heteroatoms. The Hall–Kier alpha value is -2.22. The molecule has 0 spiro atoms. The molecule has 0 aliphatic carbocycles. The third-order valence-electron chi connectivity index (χ3n) is 4.81. The van der Waals surface area contributed by atoms with E-state index in [1.165, 1.54) is 44.3 Å². The van der Waals surface area contributed by atoms with E-state index in [-0.39, 0.29) is 0 Å². The molecule has 0 bridgehead atoms. The fraction of sp³-hybridized carbons (Fsp3) is 0.364. The van der Waals surface area contributed by atoms with Crippen LogP contribution in [0.25, 0.3) is 22.0 Å². The molecule has 0 unspecified atom stereocenters. The van der Waals surface area contributed by atoms with E-state index in [1.807, 2.05) is 12.4 Å². The van der Waals surface area contributed by atoms with Crippen LogP contribution in [-0.2, 0) is 13.5 Å². The molecule has 2 nitrogen and oxygen atoms in total. The summed E-state index contributed by atoms with van der Waals surface area (Å²) in [5.41, 5.74) is 7.89. The maximum Gasteiger partial charge on any atom is 0.213 e. The van der Waals surface area contributed by atoms with Crippen LogP contribution < -0.4 is 4.57 Å². The second kappa shape index (κ2) is 6.35. The van der Waals surface area contributed by atoms with Crippen LogP contribution in [0.4, 0.5) is 0 Å². The van der Waals surface area contributed by atoms with Gasteiger partial charge < -0.3 is 0 Å². The number of fused-ring (bicyclic) bond motifs is 1. The Morgan fingerprint density at radius 2 is 1.79 bits per heavy atom. The van der Waals surface area contributed by atoms with Crippen molar-refractivity contribution in [2.75, 3.05) is 0 Å². The molecular weight excluding hydrogens is 292 g/mol. The van der Waals surface area contributed by atoms with E-state index >= 15 is 0 Å². The minimum absolute atomic E-state index is 0.629. The highest BCUT2D eigenvalue weighted by atomic mass is 14.9. The van der Waals surface area contributed by atoms with Gasteiger partial charge in [0.25, 0.3) is 0 Å². The lowest BCUT2D eigenvalue weighted by Gasteiger charge is -2.12. The van der Waals surface area contributed by atoms with Crippen LogP contribution in [0, 0.1) is 26.7 Å². The van der Waals surface area contributed by atoms with Crippen LogP contribution in [-0.4, -0.2) is 4.98 Å². The van der Waals surface area contributed by atoms with Gasteiger partial charge in [-0.2, -0.15) is 0 Å². The maximum absolute atomic E-state index is 4.48. The Kier molecular flexibility index (Phi) is 4.40. The van der Waals surface area contributed by atoms with Crippen molar-refractivity contribution in [1.29, 1.82) is 0 Å². The zero-order valence-corrected chi connectivity index (χ0v) is 15.6. The molecule has 0 saturated heterocycles. The minimum atomic E-state index is 0.629. The van der Waals surface area contributed by atoms with Gasteiger partial charge in [-0.3, -0.25) is 4.98 Å². The van der Waals surface area contributed by atoms with Crippen LogP contribution in [0.1, 0.15) is 36.1 Å². The Morgan fingerprint density at radius 3 is 2.50 bits per heavy atom. The predicted octanol–water partition coefficient (Wildman–Crippen LogP) is 4.85. The number of nitrogens with zero attached hydrogens (tertiary/aromatic N) is 2. The number of rotatable bonds is 3. The van der Waals surface area contributed by atoms with Gasteiger partial charge in [0, 0.05) is 29.4 Å². The number of benzene rings is 1. The smallest absolute Gasteiger partial charge is 0.213 e. The Morgan fingerprint density at radius 1 is 1.04 bits per heavy atom. The van der Waals surface area contributed by atoms with Gasteiger partial charge in [0.05, 0.1) is 5.39 Å². The second-order valence-electron chi connectivity index (χ2n) is 7.42. The van der Waals surface area contributed by atoms with Crippen molar-refractivity contribution in [3.8, 4) is 11.3 Å². The number of hydrogen-bond acceptors (Lipinski definition) is 1. The molecule has 0 saturated carbocycles. The van der Waals surface area contributed by atoms with E-state index in [4.69, 9.17) is 0 Å². The van der Waals surface area contributed by atoms with Gasteiger partial charge in [-0.25, -0.2) is 4.57 Å². The maximum atomic E-state index is 4.48. The third kappa shape index (κ3) is 3.06. The molecule has 2 aromatic heterocycles. The number of pyridine rings is 2. The lowest BCUT2D eigenvalue weighted by molar-refractivity contribution is -0.659. The molecule has 1 aromatic carbocycles. The summed E-state index contributed by atoms with van der Waals surface area (Å²) < 4.78 is 2.26. The average Bonchev–Trinajstić information content (AvgIpc) is 2.50. The first-order valence-corrected chi connectivity index (χ1v) is 8.71. The van der Waals surface area contributed by atoms with Gasteiger partial charge in [-0.1, -0.05) is 25.5 Å². The highest BCUT2D eigenvalue weighted by Gasteiger charge is 2.17. The highest BCUT2D eigenvalue weighted by Crippen LogP contribution is 2.28. The summed E-state index contributed by atoms with van der Waals surface area (Å²) in [6.45, 7) is 11.1. The first kappa shape index (κ1) is 16.6. The molecule has 0 radical (unpaired) electrons. The molecule has 3 aromatic rings. The third-order valence-corrected chi connectivity index (χ3v) is 4.81.